The first-order valence-corrected chi connectivity index (χ1v) is 26.9. The zero-order valence-electron chi connectivity index (χ0n) is 31.3. The SMILES string of the molecule is c1cc2sc1C1(CC1)c1ccc(s1)C1(CC1)c1ccc(s1)C1(CC1)c1ccc(s1)C1(CC1)c1ccc(s1)C1(CC1)c1ccc(s1)C1(CC1)c1ccc(s1)C21CC1. The lowest BCUT2D eigenvalue weighted by Crippen LogP contribution is -2.06. The summed E-state index contributed by atoms with van der Waals surface area (Å²) in [5.41, 5.74) is 1.80. The van der Waals surface area contributed by atoms with Crippen LogP contribution >= 0.6 is 79.4 Å². The number of hydrogen-bond acceptors (Lipinski definition) is 7. The van der Waals surface area contributed by atoms with E-state index in [0.717, 1.165) is 0 Å². The summed E-state index contributed by atoms with van der Waals surface area (Å²) in [6.07, 6.45) is 18.4. The summed E-state index contributed by atoms with van der Waals surface area (Å²) < 4.78 is 0. The monoisotopic (exact) mass is 854 g/mol. The lowest BCUT2D eigenvalue weighted by Gasteiger charge is -2.16. The maximum absolute atomic E-state index is 2.55. The van der Waals surface area contributed by atoms with E-state index in [1.54, 1.807) is 68.3 Å². The van der Waals surface area contributed by atoms with E-state index in [4.69, 9.17) is 0 Å². The quantitative estimate of drug-likeness (QED) is 0.143. The average molecular weight is 855 g/mol. The van der Waals surface area contributed by atoms with Crippen LogP contribution in [0.3, 0.4) is 0 Å². The number of thiophene rings is 7. The maximum atomic E-state index is 2.55. The second-order valence-corrected chi connectivity index (χ2v) is 26.8. The highest BCUT2D eigenvalue weighted by molar-refractivity contribution is 7.17. The molecule has 280 valence electrons. The summed E-state index contributed by atoms with van der Waals surface area (Å²) in [6, 6.07) is 35.7. The van der Waals surface area contributed by atoms with Crippen LogP contribution in [0.25, 0.3) is 0 Å². The fourth-order valence-corrected chi connectivity index (χ4v) is 22.3. The molecule has 7 spiro atoms. The van der Waals surface area contributed by atoms with Gasteiger partial charge in [-0.3, -0.25) is 0 Å². The van der Waals surface area contributed by atoms with E-state index in [0.29, 0.717) is 0 Å². The van der Waals surface area contributed by atoms with Crippen LogP contribution in [0.1, 0.15) is 158 Å². The van der Waals surface area contributed by atoms with Gasteiger partial charge in [0.15, 0.2) is 0 Å². The number of fused-ring (bicyclic) bond motifs is 28. The van der Waals surface area contributed by atoms with Crippen molar-refractivity contribution < 1.29 is 0 Å². The molecular weight excluding hydrogens is 813 g/mol. The molecule has 0 atom stereocenters. The molecule has 0 amide bonds. The fourth-order valence-electron chi connectivity index (χ4n) is 11.1. The minimum absolute atomic E-state index is 0.258. The first-order valence-electron chi connectivity index (χ1n) is 21.2. The fraction of sp³-hybridized carbons (Fsp3) is 0.429. The Labute approximate surface area is 357 Å². The summed E-state index contributed by atoms with van der Waals surface area (Å²) in [5.74, 6) is 0. The highest BCUT2D eigenvalue weighted by atomic mass is 32.1. The molecule has 0 radical (unpaired) electrons. The Morgan fingerprint density at radius 3 is 0.339 bits per heavy atom. The molecule has 0 N–H and O–H groups in total. The molecule has 7 saturated carbocycles. The lowest BCUT2D eigenvalue weighted by molar-refractivity contribution is 0.895. The summed E-state index contributed by atoms with van der Waals surface area (Å²) in [6.45, 7) is 0. The Hall–Kier alpha value is -2.10. The van der Waals surface area contributed by atoms with Crippen molar-refractivity contribution in [2.24, 2.45) is 0 Å². The summed E-state index contributed by atoms with van der Waals surface area (Å²) >= 11 is 15.2. The Morgan fingerprint density at radius 1 is 0.179 bits per heavy atom. The Balaban J connectivity index is 0.854. The zero-order chi connectivity index (χ0) is 36.3. The van der Waals surface area contributed by atoms with Gasteiger partial charge in [-0.05, 0) is 175 Å². The Bertz CT molecular complexity index is 2090. The third-order valence-electron chi connectivity index (χ3n) is 16.1. The van der Waals surface area contributed by atoms with Crippen molar-refractivity contribution in [3.8, 4) is 0 Å². The van der Waals surface area contributed by atoms with Gasteiger partial charge in [-0.15, -0.1) is 79.4 Å². The van der Waals surface area contributed by atoms with Crippen molar-refractivity contribution in [3.63, 3.8) is 0 Å². The molecule has 7 fully saturated rings. The van der Waals surface area contributed by atoms with Gasteiger partial charge in [0.1, 0.15) is 0 Å². The minimum atomic E-state index is 0.258. The van der Waals surface area contributed by atoms with E-state index in [1.165, 1.54) is 89.9 Å². The molecule has 14 bridgehead atoms. The van der Waals surface area contributed by atoms with Crippen LogP contribution < -0.4 is 0 Å². The molecule has 0 unspecified atom stereocenters. The van der Waals surface area contributed by atoms with Crippen molar-refractivity contribution in [2.75, 3.05) is 0 Å². The van der Waals surface area contributed by atoms with Crippen LogP contribution in [-0.2, 0) is 37.9 Å². The first kappa shape index (κ1) is 32.7. The van der Waals surface area contributed by atoms with E-state index in [9.17, 15) is 0 Å². The smallest absolute Gasteiger partial charge is 0.0391 e. The van der Waals surface area contributed by atoms with Crippen molar-refractivity contribution in [1.29, 1.82) is 0 Å². The molecule has 15 rings (SSSR count). The van der Waals surface area contributed by atoms with Crippen molar-refractivity contribution in [2.45, 2.75) is 128 Å². The van der Waals surface area contributed by atoms with Crippen LogP contribution in [0.2, 0.25) is 0 Å². The topological polar surface area (TPSA) is 0 Å². The molecule has 7 heteroatoms. The van der Waals surface area contributed by atoms with Crippen molar-refractivity contribution in [1.82, 2.24) is 0 Å². The summed E-state index contributed by atoms with van der Waals surface area (Å²) in [5, 5.41) is 0. The maximum Gasteiger partial charge on any atom is 0.0391 e. The molecule has 8 aliphatic rings. The average Bonchev–Trinajstić information content (AvgIpc) is 3.83. The zero-order valence-corrected chi connectivity index (χ0v) is 37.1. The van der Waals surface area contributed by atoms with Gasteiger partial charge in [-0.2, -0.15) is 0 Å². The molecule has 1 aliphatic heterocycles. The van der Waals surface area contributed by atoms with E-state index < -0.39 is 0 Å². The normalized spacial score (nSPS) is 25.5. The van der Waals surface area contributed by atoms with E-state index in [1.807, 2.05) is 0 Å². The molecule has 56 heavy (non-hydrogen) atoms. The van der Waals surface area contributed by atoms with Crippen molar-refractivity contribution >= 4 is 79.4 Å². The van der Waals surface area contributed by atoms with Crippen LogP contribution in [0.5, 0.6) is 0 Å². The van der Waals surface area contributed by atoms with Crippen LogP contribution in [0, 0.1) is 0 Å². The molecule has 8 heterocycles. The van der Waals surface area contributed by atoms with E-state index >= 15 is 0 Å². The standard InChI is InChI=1S/C49H42S7/c1-2-30-44(17-18-44)32-5-6-34(52-32)46(21-22-46)36-9-10-38(54-36)48(25-26-48)40-13-14-42(56-40)49(27-28-49)41-12-11-39(55-41)47(23-24-47)37-8-7-35(53-37)45(19-20-45)33-4-3-31(51-33)43(15-16-43)29(1)50-30/h1-14H,15-28H2. The minimum Gasteiger partial charge on any atom is -0.143 e. The first-order chi connectivity index (χ1) is 27.4. The summed E-state index contributed by atoms with van der Waals surface area (Å²) in [4.78, 5) is 22.9. The van der Waals surface area contributed by atoms with Gasteiger partial charge in [0.25, 0.3) is 0 Å². The van der Waals surface area contributed by atoms with E-state index in [-0.39, 0.29) is 37.9 Å². The highest BCUT2D eigenvalue weighted by Crippen LogP contribution is 2.68. The molecule has 7 aromatic rings. The molecular formula is C49H42S7. The third kappa shape index (κ3) is 4.15. The van der Waals surface area contributed by atoms with Gasteiger partial charge in [0.2, 0.25) is 0 Å². The molecule has 0 nitrogen and oxygen atoms in total. The number of rotatable bonds is 0. The predicted molar refractivity (Wildman–Crippen MR) is 240 cm³/mol. The lowest BCUT2D eigenvalue weighted by atomic mass is 9.99. The second-order valence-electron chi connectivity index (χ2n) is 19.2. The second kappa shape index (κ2) is 10.4. The molecule has 0 saturated heterocycles. The van der Waals surface area contributed by atoms with Gasteiger partial charge >= 0.3 is 0 Å². The van der Waals surface area contributed by atoms with Gasteiger partial charge in [0, 0.05) is 106 Å². The molecule has 0 aromatic carbocycles. The largest absolute Gasteiger partial charge is 0.143 e. The Morgan fingerprint density at radius 2 is 0.268 bits per heavy atom. The van der Waals surface area contributed by atoms with Gasteiger partial charge in [-0.1, -0.05) is 0 Å². The Kier molecular flexibility index (Phi) is 6.09. The third-order valence-corrected chi connectivity index (χ3v) is 26.5. The van der Waals surface area contributed by atoms with Gasteiger partial charge in [0.05, 0.1) is 0 Å². The predicted octanol–water partition coefficient (Wildman–Crippen LogP) is 15.0. The molecule has 7 aliphatic carbocycles. The van der Waals surface area contributed by atoms with Gasteiger partial charge < -0.3 is 0 Å². The highest BCUT2D eigenvalue weighted by Gasteiger charge is 2.58. The van der Waals surface area contributed by atoms with Crippen molar-refractivity contribution in [3.05, 3.63) is 153 Å². The van der Waals surface area contributed by atoms with Crippen LogP contribution in [0.4, 0.5) is 0 Å². The van der Waals surface area contributed by atoms with Crippen LogP contribution in [-0.4, -0.2) is 0 Å². The van der Waals surface area contributed by atoms with Gasteiger partial charge in [-0.25, -0.2) is 0 Å². The summed E-state index contributed by atoms with van der Waals surface area (Å²) in [7, 11) is 0. The van der Waals surface area contributed by atoms with E-state index in [2.05, 4.69) is 164 Å². The molecule has 7 aromatic heterocycles. The van der Waals surface area contributed by atoms with Crippen LogP contribution in [0.15, 0.2) is 84.9 Å². The number of hydrogen-bond donors (Lipinski definition) is 0.